The van der Waals surface area contributed by atoms with E-state index < -0.39 is 0 Å². The molecule has 2 unspecified atom stereocenters. The first-order valence-corrected chi connectivity index (χ1v) is 11.6. The Bertz CT molecular complexity index is 889. The van der Waals surface area contributed by atoms with Gasteiger partial charge in [0.2, 0.25) is 0 Å². The molecule has 174 valence electrons. The van der Waals surface area contributed by atoms with Crippen LogP contribution < -0.4 is 5.73 Å². The van der Waals surface area contributed by atoms with E-state index >= 15 is 4.39 Å². The summed E-state index contributed by atoms with van der Waals surface area (Å²) < 4.78 is 26.8. The Labute approximate surface area is 190 Å². The predicted octanol–water partition coefficient (Wildman–Crippen LogP) is 5.47. The van der Waals surface area contributed by atoms with Gasteiger partial charge in [-0.1, -0.05) is 55.3 Å². The lowest BCUT2D eigenvalue weighted by Gasteiger charge is -2.37. The lowest BCUT2D eigenvalue weighted by molar-refractivity contribution is -0.0124. The van der Waals surface area contributed by atoms with Crippen molar-refractivity contribution < 1.29 is 18.7 Å². The van der Waals surface area contributed by atoms with Crippen LogP contribution in [0.15, 0.2) is 42.5 Å². The van der Waals surface area contributed by atoms with E-state index in [1.54, 1.807) is 11.0 Å². The molecule has 32 heavy (non-hydrogen) atoms. The van der Waals surface area contributed by atoms with E-state index in [0.717, 1.165) is 42.4 Å². The maximum Gasteiger partial charge on any atom is 0.409 e. The van der Waals surface area contributed by atoms with Gasteiger partial charge in [-0.2, -0.15) is 0 Å². The lowest BCUT2D eigenvalue weighted by Crippen LogP contribution is -2.42. The quantitative estimate of drug-likeness (QED) is 0.523. The molecule has 2 atom stereocenters. The molecule has 0 saturated carbocycles. The summed E-state index contributed by atoms with van der Waals surface area (Å²) in [7, 11) is 0. The molecule has 2 aromatic rings. The minimum absolute atomic E-state index is 0.0272. The number of nitrogens with two attached hydrogens (primary N) is 1. The van der Waals surface area contributed by atoms with E-state index in [1.807, 2.05) is 37.3 Å². The van der Waals surface area contributed by atoms with Gasteiger partial charge < -0.3 is 20.1 Å². The number of halogens is 1. The normalized spacial score (nSPS) is 17.2. The van der Waals surface area contributed by atoms with Gasteiger partial charge in [-0.25, -0.2) is 9.18 Å². The summed E-state index contributed by atoms with van der Waals surface area (Å²) in [4.78, 5) is 14.3. The van der Waals surface area contributed by atoms with Crippen LogP contribution >= 0.6 is 0 Å². The molecule has 6 heteroatoms. The van der Waals surface area contributed by atoms with E-state index in [9.17, 15) is 4.79 Å². The van der Waals surface area contributed by atoms with E-state index in [2.05, 4.69) is 6.92 Å². The van der Waals surface area contributed by atoms with Crippen molar-refractivity contribution in [1.82, 2.24) is 4.90 Å². The molecule has 1 amide bonds. The van der Waals surface area contributed by atoms with E-state index in [0.29, 0.717) is 38.4 Å². The average Bonchev–Trinajstić information content (AvgIpc) is 2.80. The zero-order valence-corrected chi connectivity index (χ0v) is 19.2. The maximum absolute atomic E-state index is 15.1. The number of rotatable bonds is 9. The molecule has 0 aromatic heterocycles. The van der Waals surface area contributed by atoms with Crippen LogP contribution in [-0.4, -0.2) is 43.8 Å². The summed E-state index contributed by atoms with van der Waals surface area (Å²) >= 11 is 0. The fourth-order valence-electron chi connectivity index (χ4n) is 4.38. The molecule has 0 radical (unpaired) electrons. The monoisotopic (exact) mass is 442 g/mol. The van der Waals surface area contributed by atoms with Crippen LogP contribution in [0.2, 0.25) is 0 Å². The fraction of sp³-hybridized carbons (Fsp3) is 0.500. The molecule has 0 spiro atoms. The number of piperidine rings is 1. The number of carbonyl (C=O) groups is 1. The molecule has 2 aromatic carbocycles. The summed E-state index contributed by atoms with van der Waals surface area (Å²) in [5.74, 6) is -0.250. The number of benzene rings is 2. The van der Waals surface area contributed by atoms with Crippen LogP contribution in [0.5, 0.6) is 0 Å². The Balaban J connectivity index is 1.90. The first-order valence-electron chi connectivity index (χ1n) is 11.6. The van der Waals surface area contributed by atoms with Gasteiger partial charge in [0.1, 0.15) is 5.82 Å². The minimum Gasteiger partial charge on any atom is -0.449 e. The van der Waals surface area contributed by atoms with Crippen molar-refractivity contribution in [3.63, 3.8) is 0 Å². The van der Waals surface area contributed by atoms with Gasteiger partial charge in [-0.15, -0.1) is 0 Å². The van der Waals surface area contributed by atoms with Gasteiger partial charge in [-0.3, -0.25) is 0 Å². The third-order valence-corrected chi connectivity index (χ3v) is 5.94. The molecule has 3 rings (SSSR count). The SMILES string of the molecule is CCCCOC(=O)N1CCCC(C(OCCN)c2cccc(F)c2-c2cccc(C)c2)C1. The van der Waals surface area contributed by atoms with Crippen LogP contribution in [0.25, 0.3) is 11.1 Å². The minimum atomic E-state index is -0.365. The second-order valence-corrected chi connectivity index (χ2v) is 8.47. The van der Waals surface area contributed by atoms with Gasteiger partial charge >= 0.3 is 6.09 Å². The number of hydrogen-bond donors (Lipinski definition) is 1. The van der Waals surface area contributed by atoms with E-state index in [1.165, 1.54) is 6.07 Å². The first-order chi connectivity index (χ1) is 15.5. The van der Waals surface area contributed by atoms with E-state index in [4.69, 9.17) is 15.2 Å². The molecule has 1 saturated heterocycles. The Kier molecular flexibility index (Phi) is 9.06. The average molecular weight is 443 g/mol. The highest BCUT2D eigenvalue weighted by Gasteiger charge is 2.33. The smallest absolute Gasteiger partial charge is 0.409 e. The summed E-state index contributed by atoms with van der Waals surface area (Å²) in [6.07, 6.45) is 2.93. The summed E-state index contributed by atoms with van der Waals surface area (Å²) in [5, 5.41) is 0. The van der Waals surface area contributed by atoms with Crippen molar-refractivity contribution in [2.24, 2.45) is 11.7 Å². The molecular formula is C26H35FN2O3. The summed E-state index contributed by atoms with van der Waals surface area (Å²) in [5.41, 5.74) is 8.99. The van der Waals surface area contributed by atoms with Crippen LogP contribution in [-0.2, 0) is 9.47 Å². The number of likely N-dealkylation sites (tertiary alicyclic amines) is 1. The molecular weight excluding hydrogens is 407 g/mol. The predicted molar refractivity (Wildman–Crippen MR) is 125 cm³/mol. The zero-order chi connectivity index (χ0) is 22.9. The number of aryl methyl sites for hydroxylation is 1. The molecule has 0 bridgehead atoms. The van der Waals surface area contributed by atoms with Crippen molar-refractivity contribution in [2.75, 3.05) is 32.8 Å². The highest BCUT2D eigenvalue weighted by molar-refractivity contribution is 5.70. The lowest BCUT2D eigenvalue weighted by atomic mass is 9.84. The largest absolute Gasteiger partial charge is 0.449 e. The number of ether oxygens (including phenoxy) is 2. The Hall–Kier alpha value is -2.44. The molecule has 2 N–H and O–H groups in total. The topological polar surface area (TPSA) is 64.8 Å². The molecule has 5 nitrogen and oxygen atoms in total. The molecule has 1 fully saturated rings. The molecule has 1 aliphatic heterocycles. The molecule has 0 aliphatic carbocycles. The standard InChI is InChI=1S/C26H35FN2O3/c1-3-4-15-32-26(30)29-14-7-10-21(18-29)25(31-16-13-28)22-11-6-12-23(27)24(22)20-9-5-8-19(2)17-20/h5-6,8-9,11-12,17,21,25H,3-4,7,10,13-16,18,28H2,1-2H3. The van der Waals surface area contributed by atoms with Crippen molar-refractivity contribution in [2.45, 2.75) is 45.6 Å². The number of nitrogens with zero attached hydrogens (tertiary/aromatic N) is 1. The van der Waals surface area contributed by atoms with Gasteiger partial charge in [0.25, 0.3) is 0 Å². The van der Waals surface area contributed by atoms with Crippen molar-refractivity contribution in [3.05, 3.63) is 59.4 Å². The highest BCUT2D eigenvalue weighted by atomic mass is 19.1. The number of carbonyl (C=O) groups excluding carboxylic acids is 1. The van der Waals surface area contributed by atoms with E-state index in [-0.39, 0.29) is 23.9 Å². The van der Waals surface area contributed by atoms with Crippen LogP contribution in [0.4, 0.5) is 9.18 Å². The van der Waals surface area contributed by atoms with Crippen molar-refractivity contribution >= 4 is 6.09 Å². The number of amides is 1. The van der Waals surface area contributed by atoms with Gasteiger partial charge in [0.05, 0.1) is 19.3 Å². The summed E-state index contributed by atoms with van der Waals surface area (Å²) in [6, 6.07) is 13.0. The van der Waals surface area contributed by atoms with Gasteiger partial charge in [0, 0.05) is 31.1 Å². The summed E-state index contributed by atoms with van der Waals surface area (Å²) in [6.45, 7) is 6.42. The second-order valence-electron chi connectivity index (χ2n) is 8.47. The van der Waals surface area contributed by atoms with Gasteiger partial charge in [0.15, 0.2) is 0 Å². The fourth-order valence-corrected chi connectivity index (χ4v) is 4.38. The Morgan fingerprint density at radius 2 is 2.06 bits per heavy atom. The van der Waals surface area contributed by atoms with Crippen LogP contribution in [0.1, 0.15) is 49.8 Å². The second kappa shape index (κ2) is 12.0. The third-order valence-electron chi connectivity index (χ3n) is 5.94. The van der Waals surface area contributed by atoms with Gasteiger partial charge in [-0.05, 0) is 43.4 Å². The van der Waals surface area contributed by atoms with Crippen molar-refractivity contribution in [1.29, 1.82) is 0 Å². The number of hydrogen-bond acceptors (Lipinski definition) is 4. The Morgan fingerprint density at radius 1 is 1.25 bits per heavy atom. The Morgan fingerprint density at radius 3 is 2.81 bits per heavy atom. The molecule has 1 heterocycles. The number of unbranched alkanes of at least 4 members (excludes halogenated alkanes) is 1. The third kappa shape index (κ3) is 6.08. The van der Waals surface area contributed by atoms with Crippen LogP contribution in [0, 0.1) is 18.7 Å². The first kappa shape index (κ1) is 24.2. The van der Waals surface area contributed by atoms with Crippen LogP contribution in [0.3, 0.4) is 0 Å². The zero-order valence-electron chi connectivity index (χ0n) is 19.2. The van der Waals surface area contributed by atoms with Crippen molar-refractivity contribution in [3.8, 4) is 11.1 Å². The molecule has 1 aliphatic rings. The highest BCUT2D eigenvalue weighted by Crippen LogP contribution is 2.39. The maximum atomic E-state index is 15.1.